The molecule has 1 aliphatic rings. The minimum atomic E-state index is -3.83. The number of halogens is 2. The van der Waals surface area contributed by atoms with Gasteiger partial charge < -0.3 is 0 Å². The molecule has 3 aromatic rings. The van der Waals surface area contributed by atoms with Crippen molar-refractivity contribution < 1.29 is 32.6 Å². The van der Waals surface area contributed by atoms with Crippen LogP contribution in [0, 0.1) is 0 Å². The molecule has 0 unspecified atom stereocenters. The van der Waals surface area contributed by atoms with Gasteiger partial charge in [0, 0.05) is 0 Å². The Morgan fingerprint density at radius 1 is 1.09 bits per heavy atom. The Hall–Kier alpha value is -3.24. The number of nitrogen functional groups attached to an aromatic ring is 1. The molecule has 0 bridgehead atoms. The van der Waals surface area contributed by atoms with Gasteiger partial charge in [0.1, 0.15) is 0 Å². The first kappa shape index (κ1) is 24.9. The first-order chi connectivity index (χ1) is 16.8. The Labute approximate surface area is 209 Å². The second-order valence-electron chi connectivity index (χ2n) is 7.46. The number of ether oxygens (including phenoxy) is 3. The van der Waals surface area contributed by atoms with Gasteiger partial charge in [-0.2, -0.15) is 0 Å². The molecule has 0 saturated carbocycles. The third-order valence-electron chi connectivity index (χ3n) is 5.05. The standard InChI is InChI=1S/C17H14F2N3O6.C6H5.Bi/c18-17(19)13(27-9-23)11(8-26-14(24)10-4-2-1-3-5-10)28-15(17)22-7-6-12(20)21-16(22)25;1-2-4-6-5-3-1;/h1-7,11,13,15H,8H2,(H2,20,21,25);1-5H;/t11-,13+,15-;;/m1../s1. The van der Waals surface area contributed by atoms with E-state index in [1.54, 1.807) is 48.5 Å². The number of aromatic nitrogens is 2. The van der Waals surface area contributed by atoms with Crippen molar-refractivity contribution in [3.8, 4) is 0 Å². The van der Waals surface area contributed by atoms with E-state index in [1.165, 1.54) is 12.1 Å². The van der Waals surface area contributed by atoms with Crippen molar-refractivity contribution in [1.29, 1.82) is 0 Å². The van der Waals surface area contributed by atoms with Crippen LogP contribution < -0.4 is 14.7 Å². The molecule has 1 fully saturated rings. The van der Waals surface area contributed by atoms with Crippen LogP contribution in [-0.2, 0) is 14.2 Å². The third kappa shape index (κ3) is 5.71. The quantitative estimate of drug-likeness (QED) is 0.296. The molecule has 0 amide bonds. The monoisotopic (exact) mass is 680 g/mol. The summed E-state index contributed by atoms with van der Waals surface area (Å²) in [5, 5.41) is 0. The van der Waals surface area contributed by atoms with Gasteiger partial charge in [-0.1, -0.05) is 0 Å². The van der Waals surface area contributed by atoms with Crippen LogP contribution in [0.4, 0.5) is 19.4 Å². The van der Waals surface area contributed by atoms with Crippen molar-refractivity contribution >= 4 is 42.0 Å². The van der Waals surface area contributed by atoms with E-state index in [-0.39, 0.29) is 11.4 Å². The van der Waals surface area contributed by atoms with Crippen molar-refractivity contribution in [3.05, 3.63) is 89.0 Å². The van der Waals surface area contributed by atoms with Crippen molar-refractivity contribution in [2.75, 3.05) is 12.3 Å². The van der Waals surface area contributed by atoms with Crippen LogP contribution in [0.3, 0.4) is 0 Å². The first-order valence-electron chi connectivity index (χ1n) is 10.3. The molecule has 1 saturated heterocycles. The van der Waals surface area contributed by atoms with Gasteiger partial charge in [0.2, 0.25) is 0 Å². The molecular weight excluding hydrogens is 661 g/mol. The van der Waals surface area contributed by atoms with Crippen LogP contribution in [-0.4, -0.2) is 67.2 Å². The fourth-order valence-corrected chi connectivity index (χ4v) is 6.13. The summed E-state index contributed by atoms with van der Waals surface area (Å²) in [5.74, 6) is -4.75. The third-order valence-corrected chi connectivity index (χ3v) is 8.33. The second-order valence-corrected chi connectivity index (χ2v) is 11.8. The average Bonchev–Trinajstić information content (AvgIpc) is 3.08. The molecule has 12 heteroatoms. The van der Waals surface area contributed by atoms with E-state index in [2.05, 4.69) is 4.98 Å². The van der Waals surface area contributed by atoms with E-state index < -0.39 is 69.5 Å². The van der Waals surface area contributed by atoms with Crippen LogP contribution in [0.25, 0.3) is 0 Å². The number of hydrogen-bond donors (Lipinski definition) is 1. The summed E-state index contributed by atoms with van der Waals surface area (Å²) in [7, 11) is 0. The number of benzene rings is 2. The van der Waals surface area contributed by atoms with Gasteiger partial charge in [0.15, 0.2) is 0 Å². The Kier molecular flexibility index (Phi) is 7.52. The molecule has 1 aliphatic heterocycles. The van der Waals surface area contributed by atoms with E-state index in [1.807, 2.05) is 0 Å². The topological polar surface area (TPSA) is 123 Å². The zero-order valence-electron chi connectivity index (χ0n) is 18.0. The number of esters is 1. The fourth-order valence-electron chi connectivity index (χ4n) is 3.41. The summed E-state index contributed by atoms with van der Waals surface area (Å²) >= 11 is -2.15. The van der Waals surface area contributed by atoms with E-state index in [4.69, 9.17) is 19.9 Å². The summed E-state index contributed by atoms with van der Waals surface area (Å²) in [6.45, 7) is -0.632. The number of alkyl halides is 2. The predicted octanol–water partition coefficient (Wildman–Crippen LogP) is 1.75. The Bertz CT molecular complexity index is 1260. The fraction of sp³-hybridized carbons (Fsp3) is 0.217. The Balaban J connectivity index is 1.57. The number of hydrogen-bond acceptors (Lipinski definition) is 8. The molecule has 1 radical (unpaired) electrons. The van der Waals surface area contributed by atoms with Gasteiger partial charge in [-0.3, -0.25) is 0 Å². The van der Waals surface area contributed by atoms with Crippen LogP contribution in [0.15, 0.2) is 77.7 Å². The van der Waals surface area contributed by atoms with Crippen molar-refractivity contribution in [2.24, 2.45) is 0 Å². The molecule has 2 N–H and O–H groups in total. The molecule has 2 heterocycles. The van der Waals surface area contributed by atoms with Gasteiger partial charge >= 0.3 is 210 Å². The molecular formula is C23H19BiF2N3O6. The molecule has 181 valence electrons. The maximum atomic E-state index is 15.5. The molecule has 0 aliphatic carbocycles. The summed E-state index contributed by atoms with van der Waals surface area (Å²) < 4.78 is 47.3. The van der Waals surface area contributed by atoms with Crippen molar-refractivity contribution in [2.45, 2.75) is 24.4 Å². The zero-order valence-corrected chi connectivity index (χ0v) is 21.5. The summed E-state index contributed by atoms with van der Waals surface area (Å²) in [6, 6.07) is 17.8. The molecule has 3 atom stereocenters. The second kappa shape index (κ2) is 10.6. The number of nitrogens with two attached hydrogens (primary N) is 1. The summed E-state index contributed by atoms with van der Waals surface area (Å²) in [4.78, 5) is 40.6. The van der Waals surface area contributed by atoms with Gasteiger partial charge in [-0.15, -0.1) is 0 Å². The van der Waals surface area contributed by atoms with Gasteiger partial charge in [-0.25, -0.2) is 0 Å². The number of carbonyl (C=O) groups excluding carboxylic acids is 2. The number of nitrogens with zero attached hydrogens (tertiary/aromatic N) is 2. The molecule has 2 aromatic carbocycles. The number of carbonyl (C=O) groups is 2. The number of rotatable bonds is 7. The Morgan fingerprint density at radius 2 is 1.74 bits per heavy atom. The van der Waals surface area contributed by atoms with Gasteiger partial charge in [0.25, 0.3) is 0 Å². The molecule has 35 heavy (non-hydrogen) atoms. The number of anilines is 1. The van der Waals surface area contributed by atoms with E-state index in [0.29, 0.717) is 4.57 Å². The van der Waals surface area contributed by atoms with Crippen LogP contribution in [0.5, 0.6) is 0 Å². The SMILES string of the molecule is Nc1ccn([C@@H]2O[C@H](COC(=O)c3ccccc3)[C@H](O[C](=O)[Bi][c]3ccccc3)C2(F)F)c(=O)n1. The molecule has 1 aromatic heterocycles. The van der Waals surface area contributed by atoms with Crippen LogP contribution in [0.2, 0.25) is 0 Å². The van der Waals surface area contributed by atoms with Crippen LogP contribution >= 0.6 is 0 Å². The normalized spacial score (nSPS) is 20.8. The average molecular weight is 680 g/mol. The van der Waals surface area contributed by atoms with E-state index in [9.17, 15) is 14.4 Å². The van der Waals surface area contributed by atoms with Gasteiger partial charge in [0.05, 0.1) is 0 Å². The van der Waals surface area contributed by atoms with Crippen molar-refractivity contribution in [1.82, 2.24) is 9.55 Å². The van der Waals surface area contributed by atoms with E-state index in [0.717, 1.165) is 15.5 Å². The first-order valence-corrected chi connectivity index (χ1v) is 13.8. The van der Waals surface area contributed by atoms with E-state index >= 15 is 8.78 Å². The molecule has 9 nitrogen and oxygen atoms in total. The zero-order chi connectivity index (χ0) is 25.0. The van der Waals surface area contributed by atoms with Gasteiger partial charge in [-0.05, 0) is 0 Å². The van der Waals surface area contributed by atoms with Crippen LogP contribution in [0.1, 0.15) is 16.6 Å². The Morgan fingerprint density at radius 3 is 2.40 bits per heavy atom. The molecule has 4 rings (SSSR count). The summed E-state index contributed by atoms with van der Waals surface area (Å²) in [6.07, 6.45) is -4.76. The predicted molar refractivity (Wildman–Crippen MR) is 121 cm³/mol. The summed E-state index contributed by atoms with van der Waals surface area (Å²) in [5.41, 5.74) is 4.59. The minimum absolute atomic E-state index is 0.153. The maximum absolute atomic E-state index is 15.5. The van der Waals surface area contributed by atoms with Crippen molar-refractivity contribution in [3.63, 3.8) is 0 Å². The molecule has 0 spiro atoms.